The normalized spacial score (nSPS) is 11.2. The summed E-state index contributed by atoms with van der Waals surface area (Å²) in [4.78, 5) is 16.4. The molecule has 1 aromatic heterocycles. The molecule has 1 amide bonds. The van der Waals surface area contributed by atoms with Crippen LogP contribution in [0.25, 0.3) is 28.5 Å². The van der Waals surface area contributed by atoms with Gasteiger partial charge in [-0.05, 0) is 35.4 Å². The monoisotopic (exact) mass is 367 g/mol. The lowest BCUT2D eigenvalue weighted by Gasteiger charge is -2.10. The number of nitrogens with one attached hydrogen (secondary N) is 1. The highest BCUT2D eigenvalue weighted by molar-refractivity contribution is 5.91. The molecule has 1 N–H and O–H groups in total. The van der Waals surface area contributed by atoms with Gasteiger partial charge in [0.05, 0.1) is 11.0 Å². The third-order valence-electron chi connectivity index (χ3n) is 4.66. The molecule has 0 fully saturated rings. The van der Waals surface area contributed by atoms with E-state index >= 15 is 0 Å². The van der Waals surface area contributed by atoms with Gasteiger partial charge in [0, 0.05) is 25.2 Å². The highest BCUT2D eigenvalue weighted by atomic mass is 16.1. The Bertz CT molecular complexity index is 1140. The summed E-state index contributed by atoms with van der Waals surface area (Å²) in [5.74, 6) is 0.793. The number of likely N-dealkylation sites (N-methyl/N-ethyl adjacent to an activating group) is 1. The molecule has 28 heavy (non-hydrogen) atoms. The van der Waals surface area contributed by atoms with Gasteiger partial charge in [-0.3, -0.25) is 4.79 Å². The van der Waals surface area contributed by atoms with Crippen LogP contribution in [0.2, 0.25) is 0 Å². The second-order valence-corrected chi connectivity index (χ2v) is 6.57. The first-order valence-corrected chi connectivity index (χ1v) is 9.24. The number of aromatic nitrogens is 2. The van der Waals surface area contributed by atoms with Gasteiger partial charge < -0.3 is 9.88 Å². The summed E-state index contributed by atoms with van der Waals surface area (Å²) in [5, 5.41) is 2.59. The van der Waals surface area contributed by atoms with Crippen molar-refractivity contribution in [2.75, 3.05) is 7.05 Å². The van der Waals surface area contributed by atoms with Crippen molar-refractivity contribution in [2.24, 2.45) is 0 Å². The average molecular weight is 367 g/mol. The minimum Gasteiger partial charge on any atom is -0.356 e. The Morgan fingerprint density at radius 2 is 1.79 bits per heavy atom. The molecule has 0 aliphatic carbocycles. The van der Waals surface area contributed by atoms with Crippen molar-refractivity contribution in [3.8, 4) is 11.4 Å². The summed E-state index contributed by atoms with van der Waals surface area (Å²) >= 11 is 0. The second kappa shape index (κ2) is 7.92. The highest BCUT2D eigenvalue weighted by Crippen LogP contribution is 2.27. The van der Waals surface area contributed by atoms with Crippen LogP contribution in [0.15, 0.2) is 84.9 Å². The first kappa shape index (κ1) is 17.7. The molecule has 4 aromatic rings. The maximum Gasteiger partial charge on any atom is 0.243 e. The van der Waals surface area contributed by atoms with Gasteiger partial charge in [0.25, 0.3) is 0 Å². The molecule has 4 heteroatoms. The third kappa shape index (κ3) is 3.71. The molecule has 4 rings (SSSR count). The molecule has 138 valence electrons. The van der Waals surface area contributed by atoms with E-state index in [0.717, 1.165) is 34.5 Å². The van der Waals surface area contributed by atoms with E-state index in [2.05, 4.69) is 52.3 Å². The van der Waals surface area contributed by atoms with Crippen molar-refractivity contribution in [1.82, 2.24) is 14.9 Å². The van der Waals surface area contributed by atoms with E-state index in [-0.39, 0.29) is 5.91 Å². The van der Waals surface area contributed by atoms with Crippen LogP contribution < -0.4 is 5.32 Å². The molecule has 0 saturated carbocycles. The Balaban J connectivity index is 1.79. The summed E-state index contributed by atoms with van der Waals surface area (Å²) in [6.45, 7) is 0.745. The lowest BCUT2D eigenvalue weighted by atomic mass is 10.1. The van der Waals surface area contributed by atoms with Gasteiger partial charge in [-0.1, -0.05) is 60.7 Å². The number of nitrogens with zero attached hydrogens (tertiary/aromatic N) is 2. The van der Waals surface area contributed by atoms with Crippen LogP contribution in [0.5, 0.6) is 0 Å². The summed E-state index contributed by atoms with van der Waals surface area (Å²) in [6.07, 6.45) is 3.35. The summed E-state index contributed by atoms with van der Waals surface area (Å²) in [5.41, 5.74) is 5.28. The molecule has 0 aliphatic rings. The first-order valence-electron chi connectivity index (χ1n) is 9.24. The van der Waals surface area contributed by atoms with E-state index < -0.39 is 0 Å². The number of carbonyl (C=O) groups excluding carboxylic acids is 1. The Morgan fingerprint density at radius 3 is 2.61 bits per heavy atom. The van der Waals surface area contributed by atoms with E-state index in [1.54, 1.807) is 7.05 Å². The van der Waals surface area contributed by atoms with Crippen molar-refractivity contribution in [1.29, 1.82) is 0 Å². The van der Waals surface area contributed by atoms with Crippen molar-refractivity contribution in [3.05, 3.63) is 96.1 Å². The van der Waals surface area contributed by atoms with Crippen LogP contribution in [0, 0.1) is 0 Å². The summed E-state index contributed by atoms with van der Waals surface area (Å²) < 4.78 is 2.24. The van der Waals surface area contributed by atoms with Crippen molar-refractivity contribution < 1.29 is 4.79 Å². The van der Waals surface area contributed by atoms with Gasteiger partial charge in [0.1, 0.15) is 5.82 Å². The van der Waals surface area contributed by atoms with E-state index in [1.165, 1.54) is 11.6 Å². The molecule has 0 radical (unpaired) electrons. The van der Waals surface area contributed by atoms with Crippen LogP contribution in [-0.2, 0) is 11.3 Å². The minimum atomic E-state index is -0.123. The number of para-hydroxylation sites is 2. The van der Waals surface area contributed by atoms with Gasteiger partial charge in [-0.15, -0.1) is 0 Å². The molecule has 4 nitrogen and oxygen atoms in total. The largest absolute Gasteiger partial charge is 0.356 e. The minimum absolute atomic E-state index is 0.123. The van der Waals surface area contributed by atoms with Crippen LogP contribution >= 0.6 is 0 Å². The molecule has 1 heterocycles. The van der Waals surface area contributed by atoms with Crippen LogP contribution in [0.3, 0.4) is 0 Å². The lowest BCUT2D eigenvalue weighted by molar-refractivity contribution is -0.115. The Hall–Kier alpha value is -3.66. The predicted molar refractivity (Wildman–Crippen MR) is 114 cm³/mol. The molecule has 0 bridgehead atoms. The lowest BCUT2D eigenvalue weighted by Crippen LogP contribution is -2.13. The van der Waals surface area contributed by atoms with Gasteiger partial charge in [-0.2, -0.15) is 0 Å². The zero-order valence-corrected chi connectivity index (χ0v) is 15.7. The fraction of sp³-hybridized carbons (Fsp3) is 0.0833. The standard InChI is InChI=1S/C24H21N3O/c1-25-23(28)15-14-18-10-7-11-20(16-18)24-26-21-12-5-6-13-22(21)27(24)17-19-8-3-2-4-9-19/h2-16H,17H2,1H3,(H,25,28)/b15-14+. The van der Waals surface area contributed by atoms with E-state index in [1.807, 2.05) is 42.5 Å². The van der Waals surface area contributed by atoms with Gasteiger partial charge in [-0.25, -0.2) is 4.98 Å². The number of fused-ring (bicyclic) bond motifs is 1. The maximum atomic E-state index is 11.5. The first-order chi connectivity index (χ1) is 13.7. The molecule has 0 spiro atoms. The number of hydrogen-bond acceptors (Lipinski definition) is 2. The number of benzene rings is 3. The average Bonchev–Trinajstić information content (AvgIpc) is 3.11. The van der Waals surface area contributed by atoms with Crippen LogP contribution in [-0.4, -0.2) is 22.5 Å². The number of amides is 1. The Labute approximate surface area is 164 Å². The Kier molecular flexibility index (Phi) is 5.02. The quantitative estimate of drug-likeness (QED) is 0.528. The molecular weight excluding hydrogens is 346 g/mol. The van der Waals surface area contributed by atoms with Crippen LogP contribution in [0.1, 0.15) is 11.1 Å². The number of carbonyl (C=O) groups is 1. The van der Waals surface area contributed by atoms with E-state index in [9.17, 15) is 4.79 Å². The van der Waals surface area contributed by atoms with Crippen molar-refractivity contribution in [2.45, 2.75) is 6.54 Å². The molecule has 0 atom stereocenters. The molecule has 0 unspecified atom stereocenters. The summed E-state index contributed by atoms with van der Waals surface area (Å²) in [7, 11) is 1.62. The topological polar surface area (TPSA) is 46.9 Å². The molecular formula is C24H21N3O. The fourth-order valence-corrected chi connectivity index (χ4v) is 3.26. The SMILES string of the molecule is CNC(=O)/C=C/c1cccc(-c2nc3ccccc3n2Cc2ccccc2)c1. The second-order valence-electron chi connectivity index (χ2n) is 6.57. The van der Waals surface area contributed by atoms with Gasteiger partial charge in [0.15, 0.2) is 0 Å². The molecule has 3 aromatic carbocycles. The molecule has 0 aliphatic heterocycles. The van der Waals surface area contributed by atoms with Crippen molar-refractivity contribution >= 4 is 23.0 Å². The molecule has 0 saturated heterocycles. The highest BCUT2D eigenvalue weighted by Gasteiger charge is 2.13. The van der Waals surface area contributed by atoms with Crippen LogP contribution in [0.4, 0.5) is 0 Å². The zero-order chi connectivity index (χ0) is 19.3. The third-order valence-corrected chi connectivity index (χ3v) is 4.66. The number of hydrogen-bond donors (Lipinski definition) is 1. The fourth-order valence-electron chi connectivity index (χ4n) is 3.26. The number of imidazole rings is 1. The number of rotatable bonds is 5. The van der Waals surface area contributed by atoms with E-state index in [4.69, 9.17) is 4.98 Å². The van der Waals surface area contributed by atoms with Gasteiger partial charge >= 0.3 is 0 Å². The summed E-state index contributed by atoms with van der Waals surface area (Å²) in [6, 6.07) is 26.7. The Morgan fingerprint density at radius 1 is 1.00 bits per heavy atom. The van der Waals surface area contributed by atoms with E-state index in [0.29, 0.717) is 0 Å². The van der Waals surface area contributed by atoms with Crippen molar-refractivity contribution in [3.63, 3.8) is 0 Å². The zero-order valence-electron chi connectivity index (χ0n) is 15.7. The van der Waals surface area contributed by atoms with Gasteiger partial charge in [0.2, 0.25) is 5.91 Å². The maximum absolute atomic E-state index is 11.5. The smallest absolute Gasteiger partial charge is 0.243 e. The predicted octanol–water partition coefficient (Wildman–Crippen LogP) is 4.51.